The van der Waals surface area contributed by atoms with E-state index in [1.54, 1.807) is 41.4 Å². The average molecular weight is 1240 g/mol. The van der Waals surface area contributed by atoms with Crippen LogP contribution >= 0.6 is 11.6 Å². The lowest BCUT2D eigenvalue weighted by Crippen LogP contribution is -2.54. The Hall–Kier alpha value is -8.67. The van der Waals surface area contributed by atoms with E-state index in [1.165, 1.54) is 47.2 Å². The fourth-order valence-corrected chi connectivity index (χ4v) is 13.6. The average Bonchev–Trinajstić information content (AvgIpc) is 2.14. The van der Waals surface area contributed by atoms with Gasteiger partial charge in [0.25, 0.3) is 33.4 Å². The van der Waals surface area contributed by atoms with E-state index in [0.29, 0.717) is 80.5 Å². The largest absolute Gasteiger partial charge is 0.455 e. The summed E-state index contributed by atoms with van der Waals surface area (Å²) in [5.41, 5.74) is 5.94. The minimum atomic E-state index is -4.68. The second kappa shape index (κ2) is 26.0. The third-order valence-corrected chi connectivity index (χ3v) is 18.9. The number of H-pyrrole nitrogens is 1. The molecule has 2 atom stereocenters. The van der Waals surface area contributed by atoms with Crippen molar-refractivity contribution in [1.82, 2.24) is 34.7 Å². The Balaban J connectivity index is 0.684. The number of piperidine rings is 2. The highest BCUT2D eigenvalue weighted by atomic mass is 35.5. The van der Waals surface area contributed by atoms with E-state index in [1.807, 2.05) is 18.2 Å². The molecule has 5 N–H and O–H groups in total. The normalized spacial score (nSPS) is 19.0. The van der Waals surface area contributed by atoms with Gasteiger partial charge in [0.15, 0.2) is 0 Å². The maximum absolute atomic E-state index is 14.2. The summed E-state index contributed by atoms with van der Waals surface area (Å²) in [5.74, 6) is -2.99. The number of nitrogens with one attached hydrogen (secondary N) is 5. The fourth-order valence-electron chi connectivity index (χ4n) is 12.5. The summed E-state index contributed by atoms with van der Waals surface area (Å²) in [6.07, 6.45) is 10.2. The number of rotatable bonds is 21. The molecule has 6 amide bonds. The van der Waals surface area contributed by atoms with Crippen LogP contribution in [0.3, 0.4) is 0 Å². The topological polar surface area (TPSA) is 279 Å². The van der Waals surface area contributed by atoms with Crippen molar-refractivity contribution in [3.63, 3.8) is 0 Å². The highest BCUT2D eigenvalue weighted by molar-refractivity contribution is 7.90. The monoisotopic (exact) mass is 1240 g/mol. The number of benzene rings is 4. The lowest BCUT2D eigenvalue weighted by molar-refractivity contribution is -0.384. The van der Waals surface area contributed by atoms with Gasteiger partial charge in [0.2, 0.25) is 17.7 Å². The van der Waals surface area contributed by atoms with E-state index in [9.17, 15) is 47.3 Å². The standard InChI is InChI=1S/C64H70ClN11O11S/c1-64(2)24-22-43(50(35-64)41-12-14-44(65)15-13-41)39-72-28-30-73(31-29-72)45-16-18-48(55(33-45)87-46-32-42-23-26-67-59(42)69-37-46)60(79)71-88(85,86)47-17-19-51(54(34-47)76(83)84)68-36-40-8-7-27-74(38-40)57(78)11-4-3-5-25-66-52-10-6-9-49-58(52)63(82)75(62(49)81)53-20-21-56(77)70-61(53)80/h6,9-10,12-19,23,26,32-34,37,40,53,66,68H,3-5,7-8,11,20-22,24-25,27-31,35-36,38-39H2,1-2H3,(H,67,69)(H,71,79)(H,70,77,80). The van der Waals surface area contributed by atoms with Gasteiger partial charge in [0, 0.05) is 112 Å². The molecule has 460 valence electrons. The first kappa shape index (κ1) is 61.0. The van der Waals surface area contributed by atoms with E-state index in [0.717, 1.165) is 73.8 Å². The zero-order chi connectivity index (χ0) is 61.9. The van der Waals surface area contributed by atoms with Gasteiger partial charge in [-0.25, -0.2) is 18.1 Å². The second-order valence-corrected chi connectivity index (χ2v) is 26.2. The van der Waals surface area contributed by atoms with Crippen LogP contribution in [0.1, 0.15) is 121 Å². The van der Waals surface area contributed by atoms with E-state index < -0.39 is 61.1 Å². The fraction of sp³-hybridized carbons (Fsp3) is 0.391. The molecule has 4 aromatic carbocycles. The lowest BCUT2D eigenvalue weighted by Gasteiger charge is -2.39. The van der Waals surface area contributed by atoms with Crippen molar-refractivity contribution in [2.75, 3.05) is 74.4 Å². The maximum Gasteiger partial charge on any atom is 0.293 e. The number of unbranched alkanes of at least 4 members (excludes halogenated alkanes) is 2. The summed E-state index contributed by atoms with van der Waals surface area (Å²) in [5, 5.41) is 22.6. The van der Waals surface area contributed by atoms with E-state index in [4.69, 9.17) is 16.3 Å². The number of likely N-dealkylation sites (tertiary alicyclic amines) is 1. The van der Waals surface area contributed by atoms with Crippen molar-refractivity contribution in [3.8, 4) is 11.5 Å². The Morgan fingerprint density at radius 1 is 0.875 bits per heavy atom. The zero-order valence-corrected chi connectivity index (χ0v) is 50.6. The Labute approximate surface area is 514 Å². The van der Waals surface area contributed by atoms with Crippen LogP contribution in [-0.2, 0) is 24.4 Å². The molecule has 1 aliphatic carbocycles. The number of halogens is 1. The molecule has 6 aromatic rings. The van der Waals surface area contributed by atoms with Gasteiger partial charge in [-0.05, 0) is 134 Å². The number of imide groups is 2. The third kappa shape index (κ3) is 13.7. The number of piperazine rings is 1. The molecule has 88 heavy (non-hydrogen) atoms. The Morgan fingerprint density at radius 3 is 2.47 bits per heavy atom. The Bertz CT molecular complexity index is 3880. The van der Waals surface area contributed by atoms with Crippen molar-refractivity contribution in [2.24, 2.45) is 11.3 Å². The van der Waals surface area contributed by atoms with Crippen LogP contribution in [0.4, 0.5) is 22.7 Å². The van der Waals surface area contributed by atoms with Gasteiger partial charge < -0.3 is 30.2 Å². The predicted molar refractivity (Wildman–Crippen MR) is 333 cm³/mol. The first-order valence-electron chi connectivity index (χ1n) is 29.9. The van der Waals surface area contributed by atoms with Crippen LogP contribution in [0.15, 0.2) is 114 Å². The number of amides is 6. The molecule has 2 unspecified atom stereocenters. The molecule has 0 saturated carbocycles. The minimum absolute atomic E-state index is 0.0184. The van der Waals surface area contributed by atoms with Crippen molar-refractivity contribution in [3.05, 3.63) is 146 Å². The number of carbonyl (C=O) groups is 6. The molecule has 0 radical (unpaired) electrons. The summed E-state index contributed by atoms with van der Waals surface area (Å²) in [6, 6.07) is 23.9. The molecule has 3 fully saturated rings. The number of ether oxygens (including phenoxy) is 1. The molecule has 0 bridgehead atoms. The third-order valence-electron chi connectivity index (χ3n) is 17.4. The molecule has 24 heteroatoms. The molecule has 5 aliphatic rings. The van der Waals surface area contributed by atoms with Crippen molar-refractivity contribution >= 4 is 96.4 Å². The van der Waals surface area contributed by atoms with E-state index in [2.05, 4.69) is 66.4 Å². The lowest BCUT2D eigenvalue weighted by atomic mass is 9.72. The summed E-state index contributed by atoms with van der Waals surface area (Å²) in [7, 11) is -4.68. The summed E-state index contributed by atoms with van der Waals surface area (Å²) in [6.45, 7) is 10.2. The number of aromatic amines is 1. The molecule has 3 saturated heterocycles. The van der Waals surface area contributed by atoms with Crippen LogP contribution in [0.2, 0.25) is 5.02 Å². The molecule has 22 nitrogen and oxygen atoms in total. The molecule has 6 heterocycles. The summed E-state index contributed by atoms with van der Waals surface area (Å²) < 4.78 is 36.5. The first-order valence-corrected chi connectivity index (χ1v) is 31.8. The van der Waals surface area contributed by atoms with Crippen LogP contribution in [-0.4, -0.2) is 138 Å². The Kier molecular flexibility index (Phi) is 18.0. The van der Waals surface area contributed by atoms with Crippen LogP contribution < -0.4 is 30.3 Å². The number of nitrogens with zero attached hydrogens (tertiary/aromatic N) is 6. The number of fused-ring (bicyclic) bond motifs is 2. The molecule has 2 aromatic heterocycles. The number of nitro benzene ring substituents is 1. The number of hydrogen-bond acceptors (Lipinski definition) is 16. The second-order valence-electron chi connectivity index (χ2n) is 24.1. The van der Waals surface area contributed by atoms with Gasteiger partial charge in [-0.2, -0.15) is 0 Å². The summed E-state index contributed by atoms with van der Waals surface area (Å²) in [4.78, 5) is 105. The van der Waals surface area contributed by atoms with Crippen LogP contribution in [0, 0.1) is 21.4 Å². The minimum Gasteiger partial charge on any atom is -0.455 e. The van der Waals surface area contributed by atoms with Crippen LogP contribution in [0.25, 0.3) is 16.6 Å². The van der Waals surface area contributed by atoms with Crippen LogP contribution in [0.5, 0.6) is 11.5 Å². The highest BCUT2D eigenvalue weighted by Crippen LogP contribution is 2.44. The summed E-state index contributed by atoms with van der Waals surface area (Å²) >= 11 is 6.27. The maximum atomic E-state index is 14.2. The number of sulfonamides is 1. The number of carbonyl (C=O) groups excluding carboxylic acids is 6. The molecule has 0 spiro atoms. The molecule has 4 aliphatic heterocycles. The van der Waals surface area contributed by atoms with Crippen molar-refractivity contribution < 1.29 is 46.8 Å². The number of allylic oxidation sites excluding steroid dienone is 1. The van der Waals surface area contributed by atoms with Gasteiger partial charge in [-0.1, -0.05) is 55.6 Å². The number of aromatic nitrogens is 2. The number of pyridine rings is 1. The van der Waals surface area contributed by atoms with Gasteiger partial charge in [-0.3, -0.25) is 54.0 Å². The highest BCUT2D eigenvalue weighted by Gasteiger charge is 2.46. The zero-order valence-electron chi connectivity index (χ0n) is 49.1. The molecule has 11 rings (SSSR count). The quantitative estimate of drug-likeness (QED) is 0.0194. The van der Waals surface area contributed by atoms with Gasteiger partial charge in [-0.15, -0.1) is 0 Å². The predicted octanol–water partition coefficient (Wildman–Crippen LogP) is 9.55. The van der Waals surface area contributed by atoms with Gasteiger partial charge >= 0.3 is 0 Å². The number of anilines is 3. The van der Waals surface area contributed by atoms with E-state index >= 15 is 0 Å². The smallest absolute Gasteiger partial charge is 0.293 e. The van der Waals surface area contributed by atoms with Gasteiger partial charge in [0.1, 0.15) is 28.9 Å². The number of hydrogen-bond donors (Lipinski definition) is 5. The Morgan fingerprint density at radius 2 is 1.68 bits per heavy atom. The first-order chi connectivity index (χ1) is 42.3. The van der Waals surface area contributed by atoms with Gasteiger partial charge in [0.05, 0.1) is 32.7 Å². The SMILES string of the molecule is CC1(C)CCC(CN2CCN(c3ccc(C(=O)NS(=O)(=O)c4ccc(NCC5CCCN(C(=O)CCCCCNc6cccc7c6C(=O)N(C6CCC(=O)NC6=O)C7=O)C5)c([N+](=O)[O-])c4)c(Oc4cnc5[nH]ccc5c4)c3)CC2)=C(c2ccc(Cl)cc2)C1. The van der Waals surface area contributed by atoms with E-state index in [-0.39, 0.29) is 64.8 Å². The molecular weight excluding hydrogens is 1170 g/mol. The van der Waals surface area contributed by atoms with Crippen molar-refractivity contribution in [2.45, 2.75) is 95.4 Å². The van der Waals surface area contributed by atoms with Crippen molar-refractivity contribution in [1.29, 1.82) is 0 Å². The number of nitro groups is 1. The molecular formula is C64H70ClN11O11S.